The van der Waals surface area contributed by atoms with Crippen molar-refractivity contribution in [2.45, 2.75) is 52.9 Å². The zero-order valence-electron chi connectivity index (χ0n) is 21.0. The average Bonchev–Trinajstić information content (AvgIpc) is 2.82. The monoisotopic (exact) mass is 490 g/mol. The quantitative estimate of drug-likeness (QED) is 0.115. The first-order valence-corrected chi connectivity index (χ1v) is 11.8. The maximum absolute atomic E-state index is 13.4. The molecule has 1 atom stereocenters. The molecule has 0 heterocycles. The van der Waals surface area contributed by atoms with E-state index in [9.17, 15) is 24.8 Å². The van der Waals surface area contributed by atoms with Crippen molar-refractivity contribution in [2.75, 3.05) is 6.61 Å². The van der Waals surface area contributed by atoms with Crippen LogP contribution in [0, 0.1) is 30.9 Å². The second kappa shape index (κ2) is 11.1. The van der Waals surface area contributed by atoms with Gasteiger partial charge in [-0.15, -0.1) is 0 Å². The Kier molecular flexibility index (Phi) is 8.19. The van der Waals surface area contributed by atoms with Crippen molar-refractivity contribution in [1.82, 2.24) is 0 Å². The second-order valence-corrected chi connectivity index (χ2v) is 8.88. The van der Waals surface area contributed by atoms with Gasteiger partial charge in [0.15, 0.2) is 11.6 Å². The number of nitro benzene ring substituents is 1. The molecule has 0 radical (unpaired) electrons. The van der Waals surface area contributed by atoms with Gasteiger partial charge in [-0.1, -0.05) is 30.8 Å². The number of hydrogen-bond acceptors (Lipinski definition) is 7. The number of allylic oxidation sites excluding steroid dienone is 2. The lowest BCUT2D eigenvalue weighted by molar-refractivity contribution is -0.384. The van der Waals surface area contributed by atoms with E-state index < -0.39 is 4.92 Å². The highest BCUT2D eigenvalue weighted by Gasteiger charge is 2.33. The number of nitrogens with zero attached hydrogens (tertiary/aromatic N) is 2. The molecular formula is C28H30N2O6. The SMILES string of the molecule is C=CCON=C(CC)C1=C(O)CC(c2c(C)cc(C)c(C(=O)c3ccc([N+](=O)[O-])cc3)c2C)CC1=O. The molecule has 1 N–H and O–H groups in total. The van der Waals surface area contributed by atoms with Gasteiger partial charge in [0.05, 0.1) is 16.2 Å². The smallest absolute Gasteiger partial charge is 0.269 e. The lowest BCUT2D eigenvalue weighted by Gasteiger charge is -2.28. The molecule has 0 fully saturated rings. The maximum Gasteiger partial charge on any atom is 0.269 e. The third-order valence-corrected chi connectivity index (χ3v) is 6.44. The Morgan fingerprint density at radius 1 is 1.22 bits per heavy atom. The van der Waals surface area contributed by atoms with Crippen molar-refractivity contribution in [3.63, 3.8) is 0 Å². The van der Waals surface area contributed by atoms with Gasteiger partial charge in [0.25, 0.3) is 5.69 Å². The van der Waals surface area contributed by atoms with Crippen LogP contribution in [0.15, 0.2) is 59.5 Å². The fraction of sp³-hybridized carbons (Fsp3) is 0.321. The summed E-state index contributed by atoms with van der Waals surface area (Å²) in [7, 11) is 0. The summed E-state index contributed by atoms with van der Waals surface area (Å²) in [5.41, 5.74) is 4.64. The van der Waals surface area contributed by atoms with E-state index in [0.717, 1.165) is 22.3 Å². The highest BCUT2D eigenvalue weighted by atomic mass is 16.6. The molecule has 2 aromatic rings. The molecule has 1 aliphatic rings. The minimum absolute atomic E-state index is 0.0401. The zero-order valence-corrected chi connectivity index (χ0v) is 21.0. The molecule has 188 valence electrons. The van der Waals surface area contributed by atoms with Crippen LogP contribution in [0.2, 0.25) is 0 Å². The number of non-ortho nitro benzene ring substituents is 1. The molecule has 8 nitrogen and oxygen atoms in total. The van der Waals surface area contributed by atoms with Gasteiger partial charge in [-0.05, 0) is 67.5 Å². The van der Waals surface area contributed by atoms with E-state index in [2.05, 4.69) is 11.7 Å². The van der Waals surface area contributed by atoms with Crippen LogP contribution in [0.3, 0.4) is 0 Å². The van der Waals surface area contributed by atoms with Crippen molar-refractivity contribution >= 4 is 23.0 Å². The third kappa shape index (κ3) is 5.27. The minimum atomic E-state index is -0.511. The molecule has 0 aliphatic heterocycles. The minimum Gasteiger partial charge on any atom is -0.511 e. The normalized spacial score (nSPS) is 16.2. The van der Waals surface area contributed by atoms with E-state index in [0.29, 0.717) is 23.3 Å². The molecule has 1 aliphatic carbocycles. The van der Waals surface area contributed by atoms with Gasteiger partial charge in [-0.2, -0.15) is 0 Å². The van der Waals surface area contributed by atoms with E-state index >= 15 is 0 Å². The molecule has 0 saturated heterocycles. The lowest BCUT2D eigenvalue weighted by Crippen LogP contribution is -2.25. The van der Waals surface area contributed by atoms with Crippen molar-refractivity contribution in [1.29, 1.82) is 0 Å². The van der Waals surface area contributed by atoms with Gasteiger partial charge in [0.2, 0.25) is 0 Å². The van der Waals surface area contributed by atoms with E-state index in [-0.39, 0.29) is 54.0 Å². The standard InChI is InChI=1S/C28H30N2O6/c1-6-12-36-29-22(7-2)27-23(31)14-20(15-24(27)32)25-16(3)13-17(4)26(18(25)5)28(33)19-8-10-21(11-9-19)30(34)35/h6,8-11,13,20,31H,1,7,12,14-15H2,2-5H3. The van der Waals surface area contributed by atoms with Crippen LogP contribution < -0.4 is 0 Å². The van der Waals surface area contributed by atoms with Crippen LogP contribution in [0.5, 0.6) is 0 Å². The summed E-state index contributed by atoms with van der Waals surface area (Å²) in [6.07, 6.45) is 2.36. The van der Waals surface area contributed by atoms with Gasteiger partial charge < -0.3 is 9.94 Å². The number of hydrogen-bond donors (Lipinski definition) is 1. The molecule has 0 saturated carbocycles. The Hall–Kier alpha value is -4.07. The Morgan fingerprint density at radius 3 is 2.44 bits per heavy atom. The summed E-state index contributed by atoms with van der Waals surface area (Å²) >= 11 is 0. The van der Waals surface area contributed by atoms with Gasteiger partial charge in [-0.25, -0.2) is 0 Å². The van der Waals surface area contributed by atoms with Crippen molar-refractivity contribution in [3.05, 3.63) is 97.8 Å². The van der Waals surface area contributed by atoms with Crippen LogP contribution in [-0.2, 0) is 9.63 Å². The molecule has 1 unspecified atom stereocenters. The van der Waals surface area contributed by atoms with Gasteiger partial charge in [-0.3, -0.25) is 19.7 Å². The lowest BCUT2D eigenvalue weighted by atomic mass is 9.76. The summed E-state index contributed by atoms with van der Waals surface area (Å²) in [5, 5.41) is 25.9. The average molecular weight is 491 g/mol. The molecule has 36 heavy (non-hydrogen) atoms. The molecular weight excluding hydrogens is 460 g/mol. The second-order valence-electron chi connectivity index (χ2n) is 8.88. The summed E-state index contributed by atoms with van der Waals surface area (Å²) in [4.78, 5) is 42.2. The number of Topliss-reactive ketones (excluding diaryl/α,β-unsaturated/α-hetero) is 1. The topological polar surface area (TPSA) is 119 Å². The number of carbonyl (C=O) groups is 2. The van der Waals surface area contributed by atoms with Crippen LogP contribution in [-0.4, -0.2) is 33.9 Å². The van der Waals surface area contributed by atoms with Crippen LogP contribution in [0.4, 0.5) is 5.69 Å². The van der Waals surface area contributed by atoms with Crippen LogP contribution in [0.1, 0.15) is 70.3 Å². The Balaban J connectivity index is 2.01. The van der Waals surface area contributed by atoms with E-state index in [1.807, 2.05) is 33.8 Å². The molecule has 0 bridgehead atoms. The number of nitro groups is 1. The third-order valence-electron chi connectivity index (χ3n) is 6.44. The first kappa shape index (κ1) is 26.5. The maximum atomic E-state index is 13.4. The number of rotatable bonds is 9. The van der Waals surface area contributed by atoms with E-state index in [4.69, 9.17) is 4.84 Å². The Morgan fingerprint density at radius 2 is 1.89 bits per heavy atom. The molecule has 0 aromatic heterocycles. The highest BCUT2D eigenvalue weighted by Crippen LogP contribution is 2.39. The van der Waals surface area contributed by atoms with Gasteiger partial charge in [0, 0.05) is 36.1 Å². The molecule has 2 aromatic carbocycles. The number of benzene rings is 2. The zero-order chi connectivity index (χ0) is 26.6. The summed E-state index contributed by atoms with van der Waals surface area (Å²) in [6.45, 7) is 11.2. The molecule has 0 amide bonds. The fourth-order valence-electron chi connectivity index (χ4n) is 4.94. The first-order valence-electron chi connectivity index (χ1n) is 11.8. The van der Waals surface area contributed by atoms with Crippen molar-refractivity contribution < 1.29 is 24.5 Å². The fourth-order valence-corrected chi connectivity index (χ4v) is 4.94. The number of oxime groups is 1. The van der Waals surface area contributed by atoms with Gasteiger partial charge in [0.1, 0.15) is 12.4 Å². The number of aliphatic hydroxyl groups excluding tert-OH is 1. The van der Waals surface area contributed by atoms with Gasteiger partial charge >= 0.3 is 0 Å². The summed E-state index contributed by atoms with van der Waals surface area (Å²) in [5.74, 6) is -0.822. The van der Waals surface area contributed by atoms with E-state index in [1.165, 1.54) is 24.3 Å². The largest absolute Gasteiger partial charge is 0.511 e. The summed E-state index contributed by atoms with van der Waals surface area (Å²) in [6, 6.07) is 7.42. The molecule has 8 heteroatoms. The van der Waals surface area contributed by atoms with E-state index in [1.54, 1.807) is 6.08 Å². The number of aryl methyl sites for hydroxylation is 2. The Bertz CT molecular complexity index is 1290. The number of ketones is 2. The van der Waals surface area contributed by atoms with Crippen molar-refractivity contribution in [2.24, 2.45) is 5.16 Å². The predicted molar refractivity (Wildman–Crippen MR) is 138 cm³/mol. The molecule has 3 rings (SSSR count). The van der Waals surface area contributed by atoms with Crippen molar-refractivity contribution in [3.8, 4) is 0 Å². The molecule has 0 spiro atoms. The summed E-state index contributed by atoms with van der Waals surface area (Å²) < 4.78 is 0. The predicted octanol–water partition coefficient (Wildman–Crippen LogP) is 5.98. The highest BCUT2D eigenvalue weighted by molar-refractivity contribution is 6.23. The Labute approximate surface area is 210 Å². The number of aliphatic hydroxyl groups is 1. The van der Waals surface area contributed by atoms with Crippen LogP contribution >= 0.6 is 0 Å². The number of carbonyl (C=O) groups excluding carboxylic acids is 2. The first-order chi connectivity index (χ1) is 17.1. The van der Waals surface area contributed by atoms with Crippen LogP contribution in [0.25, 0.3) is 0 Å².